The van der Waals surface area contributed by atoms with Crippen molar-refractivity contribution >= 4 is 52.5 Å². The van der Waals surface area contributed by atoms with Gasteiger partial charge in [0.2, 0.25) is 17.7 Å². The van der Waals surface area contributed by atoms with Crippen LogP contribution in [0.1, 0.15) is 109 Å². The van der Waals surface area contributed by atoms with Gasteiger partial charge in [0.1, 0.15) is 54.5 Å². The number of nitrogens with zero attached hydrogens (tertiary/aromatic N) is 3. The molecule has 0 unspecified atom stereocenters. The van der Waals surface area contributed by atoms with E-state index in [1.807, 2.05) is 93.5 Å². The van der Waals surface area contributed by atoms with E-state index in [0.29, 0.717) is 47.1 Å². The summed E-state index contributed by atoms with van der Waals surface area (Å²) in [5.41, 5.74) is 9.99. The molecular weight excluding hydrogens is 970 g/mol. The van der Waals surface area contributed by atoms with Gasteiger partial charge in [-0.3, -0.25) is 24.0 Å². The molecule has 16 nitrogen and oxygen atoms in total. The average molecular weight is 1040 g/mol. The predicted molar refractivity (Wildman–Crippen MR) is 280 cm³/mol. The highest BCUT2D eigenvalue weighted by molar-refractivity contribution is 7.13. The van der Waals surface area contributed by atoms with Crippen molar-refractivity contribution in [2.75, 3.05) is 26.4 Å². The van der Waals surface area contributed by atoms with Crippen molar-refractivity contribution < 1.29 is 42.9 Å². The number of benzene rings is 3. The first-order valence-corrected chi connectivity index (χ1v) is 26.0. The van der Waals surface area contributed by atoms with Crippen LogP contribution in [0.25, 0.3) is 10.4 Å². The standard InChI is InChI=1S/C55H70ClN7O9S/c1-32(2)44(58)50(68)71-40-26-42(48(66)59-28-34-13-15-35(16-14-34)45-33(3)60-31-73-45)63(29-40)49(67)46(53(4,5)6)61-43(64)30-69-23-11-12-24-70-38-20-17-36(18-21-38)47(65)62-51-54(7,8)52(55(51,9)10)72-39-22-19-37(27-57)41(56)25-39/h13-22,25,31-32,40,42,44,46,51-52H,11-12,23-24,26,28-30,58H2,1-10H3,(H,59,66)(H,61,64)(H,62,65)/t40-,42+,44+,46-,51?,52?/m1/s1. The van der Waals surface area contributed by atoms with Crippen molar-refractivity contribution in [3.8, 4) is 28.0 Å². The topological polar surface area (TPSA) is 224 Å². The van der Waals surface area contributed by atoms with Crippen LogP contribution in [0, 0.1) is 40.4 Å². The lowest BCUT2D eigenvalue weighted by Gasteiger charge is -2.63. The molecule has 392 valence electrons. The summed E-state index contributed by atoms with van der Waals surface area (Å²) in [6, 6.07) is 18.7. The normalized spacial score (nSPS) is 19.7. The fourth-order valence-corrected chi connectivity index (χ4v) is 10.8. The van der Waals surface area contributed by atoms with E-state index < -0.39 is 64.2 Å². The molecule has 18 heteroatoms. The van der Waals surface area contributed by atoms with Gasteiger partial charge in [-0.15, -0.1) is 11.3 Å². The molecule has 73 heavy (non-hydrogen) atoms. The zero-order valence-electron chi connectivity index (χ0n) is 43.5. The van der Waals surface area contributed by atoms with E-state index >= 15 is 0 Å². The minimum Gasteiger partial charge on any atom is -0.494 e. The fourth-order valence-electron chi connectivity index (χ4n) is 9.74. The number of carbonyl (C=O) groups excluding carboxylic acids is 5. The summed E-state index contributed by atoms with van der Waals surface area (Å²) in [5.74, 6) is -1.24. The van der Waals surface area contributed by atoms with E-state index in [-0.39, 0.29) is 56.7 Å². The largest absolute Gasteiger partial charge is 0.494 e. The van der Waals surface area contributed by atoms with Crippen LogP contribution < -0.4 is 31.2 Å². The van der Waals surface area contributed by atoms with Crippen molar-refractivity contribution in [2.24, 2.45) is 27.9 Å². The van der Waals surface area contributed by atoms with Gasteiger partial charge in [-0.05, 0) is 78.6 Å². The lowest BCUT2D eigenvalue weighted by atomic mass is 9.49. The second kappa shape index (κ2) is 23.9. The lowest BCUT2D eigenvalue weighted by Crippen LogP contribution is -2.74. The fraction of sp³-hybridized carbons (Fsp3) is 0.509. The molecular formula is C55H70ClN7O9S. The van der Waals surface area contributed by atoms with Gasteiger partial charge in [-0.2, -0.15) is 5.26 Å². The van der Waals surface area contributed by atoms with Gasteiger partial charge in [0.05, 0.1) is 39.8 Å². The first kappa shape index (κ1) is 56.2. The molecule has 4 amide bonds. The number of nitriles is 1. The van der Waals surface area contributed by atoms with Crippen LogP contribution >= 0.6 is 22.9 Å². The van der Waals surface area contributed by atoms with E-state index in [1.54, 1.807) is 59.3 Å². The first-order valence-electron chi connectivity index (χ1n) is 24.7. The average Bonchev–Trinajstić information content (AvgIpc) is 3.98. The number of ether oxygens (including phenoxy) is 4. The third-order valence-corrected chi connectivity index (χ3v) is 15.0. The molecule has 4 atom stereocenters. The number of aryl methyl sites for hydroxylation is 1. The number of hydrogen-bond donors (Lipinski definition) is 4. The number of nitrogens with one attached hydrogen (secondary N) is 3. The van der Waals surface area contributed by atoms with Gasteiger partial charge in [-0.1, -0.05) is 98.2 Å². The molecule has 1 saturated carbocycles. The molecule has 0 radical (unpaired) electrons. The molecule has 6 rings (SSSR count). The molecule has 2 heterocycles. The molecule has 1 aliphatic carbocycles. The highest BCUT2D eigenvalue weighted by atomic mass is 35.5. The highest BCUT2D eigenvalue weighted by Gasteiger charge is 2.64. The summed E-state index contributed by atoms with van der Waals surface area (Å²) in [6.07, 6.45) is 0.263. The number of likely N-dealkylation sites (tertiary alicyclic amines) is 1. The van der Waals surface area contributed by atoms with Crippen molar-refractivity contribution in [3.63, 3.8) is 0 Å². The number of nitrogens with two attached hydrogens (primary N) is 1. The molecule has 1 saturated heterocycles. The summed E-state index contributed by atoms with van der Waals surface area (Å²) in [4.78, 5) is 74.8. The Morgan fingerprint density at radius 3 is 2.22 bits per heavy atom. The second-order valence-electron chi connectivity index (χ2n) is 21.6. The summed E-state index contributed by atoms with van der Waals surface area (Å²) < 4.78 is 23.7. The molecule has 1 aliphatic heterocycles. The van der Waals surface area contributed by atoms with E-state index in [4.69, 9.17) is 36.3 Å². The Balaban J connectivity index is 0.951. The van der Waals surface area contributed by atoms with Gasteiger partial charge in [0.25, 0.3) is 5.91 Å². The summed E-state index contributed by atoms with van der Waals surface area (Å²) in [5, 5.41) is 18.6. The maximum atomic E-state index is 14.4. The van der Waals surface area contributed by atoms with Crippen LogP contribution in [0.2, 0.25) is 5.02 Å². The van der Waals surface area contributed by atoms with Crippen molar-refractivity contribution in [1.29, 1.82) is 5.26 Å². The number of carbonyl (C=O) groups is 5. The molecule has 2 aliphatic rings. The minimum atomic E-state index is -1.04. The Labute approximate surface area is 438 Å². The minimum absolute atomic E-state index is 0.0502. The van der Waals surface area contributed by atoms with Crippen LogP contribution in [0.5, 0.6) is 11.5 Å². The summed E-state index contributed by atoms with van der Waals surface area (Å²) >= 11 is 7.80. The van der Waals surface area contributed by atoms with Crippen molar-refractivity contribution in [3.05, 3.63) is 99.6 Å². The van der Waals surface area contributed by atoms with Gasteiger partial charge in [-0.25, -0.2) is 4.98 Å². The van der Waals surface area contributed by atoms with Crippen LogP contribution in [0.3, 0.4) is 0 Å². The Bertz CT molecular complexity index is 2630. The van der Waals surface area contributed by atoms with Gasteiger partial charge in [0.15, 0.2) is 0 Å². The first-order chi connectivity index (χ1) is 34.4. The van der Waals surface area contributed by atoms with E-state index in [1.165, 1.54) is 4.90 Å². The number of rotatable bonds is 21. The summed E-state index contributed by atoms with van der Waals surface area (Å²) in [7, 11) is 0. The number of halogens is 1. The molecule has 0 spiro atoms. The molecule has 0 bridgehead atoms. The van der Waals surface area contributed by atoms with Crippen LogP contribution in [-0.2, 0) is 35.2 Å². The van der Waals surface area contributed by atoms with Gasteiger partial charge >= 0.3 is 5.97 Å². The summed E-state index contributed by atoms with van der Waals surface area (Å²) in [6.45, 7) is 19.7. The predicted octanol–water partition coefficient (Wildman–Crippen LogP) is 7.77. The molecule has 1 aromatic heterocycles. The number of amides is 4. The number of aromatic nitrogens is 1. The SMILES string of the molecule is Cc1ncsc1-c1ccc(CNC(=O)[C@@H]2C[C@@H](OC(=O)[C@@H](N)C(C)C)CN2C(=O)[C@@H](NC(=O)COCCCCOc2ccc(C(=O)NC3C(C)(C)C(Oc4ccc(C#N)c(Cl)c4)C3(C)C)cc2)C(C)(C)C)cc1. The molecule has 2 fully saturated rings. The molecule has 4 aromatic rings. The third-order valence-electron chi connectivity index (χ3n) is 13.7. The Morgan fingerprint density at radius 2 is 1.62 bits per heavy atom. The zero-order valence-corrected chi connectivity index (χ0v) is 45.1. The van der Waals surface area contributed by atoms with E-state index in [2.05, 4.69) is 27.0 Å². The number of unbranched alkanes of at least 4 members (excludes halogenated alkanes) is 1. The van der Waals surface area contributed by atoms with Gasteiger partial charge < -0.3 is 45.5 Å². The smallest absolute Gasteiger partial charge is 0.323 e. The van der Waals surface area contributed by atoms with Crippen LogP contribution in [-0.4, -0.2) is 102 Å². The molecule has 5 N–H and O–H groups in total. The second-order valence-corrected chi connectivity index (χ2v) is 22.8. The van der Waals surface area contributed by atoms with Crippen LogP contribution in [0.4, 0.5) is 0 Å². The maximum Gasteiger partial charge on any atom is 0.323 e. The molecule has 3 aromatic carbocycles. The quantitative estimate of drug-likeness (QED) is 0.0464. The lowest BCUT2D eigenvalue weighted by molar-refractivity contribution is -0.164. The highest BCUT2D eigenvalue weighted by Crippen LogP contribution is 2.55. The van der Waals surface area contributed by atoms with Crippen molar-refractivity contribution in [2.45, 2.75) is 131 Å². The third kappa shape index (κ3) is 13.8. The van der Waals surface area contributed by atoms with E-state index in [9.17, 15) is 29.2 Å². The number of thiazole rings is 1. The Morgan fingerprint density at radius 1 is 0.959 bits per heavy atom. The van der Waals surface area contributed by atoms with Gasteiger partial charge in [0, 0.05) is 48.1 Å². The monoisotopic (exact) mass is 1040 g/mol. The zero-order chi connectivity index (χ0) is 53.4. The van der Waals surface area contributed by atoms with Crippen LogP contribution in [0.15, 0.2) is 72.2 Å². The maximum absolute atomic E-state index is 14.4. The Hall–Kier alpha value is -6.06. The van der Waals surface area contributed by atoms with Crippen molar-refractivity contribution in [1.82, 2.24) is 25.8 Å². The Kier molecular flexibility index (Phi) is 18.4. The number of esters is 1. The van der Waals surface area contributed by atoms with E-state index in [0.717, 1.165) is 21.7 Å². The number of hydrogen-bond acceptors (Lipinski definition) is 13.